The van der Waals surface area contributed by atoms with Gasteiger partial charge < -0.3 is 14.3 Å². The molecule has 0 bridgehead atoms. The van der Waals surface area contributed by atoms with Crippen molar-refractivity contribution in [3.8, 4) is 16.8 Å². The molecule has 0 N–H and O–H groups in total. The van der Waals surface area contributed by atoms with Crippen molar-refractivity contribution in [1.82, 2.24) is 14.5 Å². The molecule has 2 aromatic heterocycles. The number of para-hydroxylation sites is 2. The van der Waals surface area contributed by atoms with Crippen molar-refractivity contribution in [2.45, 2.75) is 5.41 Å². The average molecular weight is 608 g/mol. The second-order valence-corrected chi connectivity index (χ2v) is 12.6. The van der Waals surface area contributed by atoms with Crippen LogP contribution in [0.3, 0.4) is 0 Å². The van der Waals surface area contributed by atoms with Gasteiger partial charge in [0.2, 0.25) is 11.0 Å². The Morgan fingerprint density at radius 2 is 1.06 bits per heavy atom. The molecule has 5 heteroatoms. The highest BCUT2D eigenvalue weighted by Crippen LogP contribution is 2.61. The summed E-state index contributed by atoms with van der Waals surface area (Å²) < 4.78 is 2.43. The lowest BCUT2D eigenvalue weighted by atomic mass is 9.65. The van der Waals surface area contributed by atoms with Gasteiger partial charge in [-0.3, -0.25) is 0 Å². The van der Waals surface area contributed by atoms with E-state index in [4.69, 9.17) is 23.1 Å². The van der Waals surface area contributed by atoms with Crippen LogP contribution in [0, 0.1) is 13.1 Å². The fourth-order valence-electron chi connectivity index (χ4n) is 8.98. The predicted octanol–water partition coefficient (Wildman–Crippen LogP) is 10.8. The first-order valence-corrected chi connectivity index (χ1v) is 15.9. The summed E-state index contributed by atoms with van der Waals surface area (Å²) in [6.45, 7) is 15.6. The van der Waals surface area contributed by atoms with E-state index in [0.717, 1.165) is 43.5 Å². The van der Waals surface area contributed by atoms with E-state index in [2.05, 4.69) is 123 Å². The molecule has 1 spiro atoms. The number of nitrogens with zero attached hydrogens (tertiary/aromatic N) is 5. The molecule has 0 unspecified atom stereocenters. The number of rotatable bonds is 0. The maximum Gasteiger partial charge on any atom is 0.294 e. The molecular formula is C43H21N5. The monoisotopic (exact) mass is 607 g/mol. The van der Waals surface area contributed by atoms with E-state index in [9.17, 15) is 0 Å². The van der Waals surface area contributed by atoms with Gasteiger partial charge in [0.1, 0.15) is 0 Å². The van der Waals surface area contributed by atoms with Crippen LogP contribution in [0.4, 0.5) is 11.6 Å². The molecule has 3 heterocycles. The van der Waals surface area contributed by atoms with Crippen molar-refractivity contribution in [2.75, 3.05) is 0 Å². The molecular weight excluding hydrogens is 587 g/mol. The molecule has 5 nitrogen and oxygen atoms in total. The quantitative estimate of drug-likeness (QED) is 0.127. The number of benzene rings is 7. The molecule has 11 rings (SSSR count). The first-order valence-electron chi connectivity index (χ1n) is 15.9. The molecule has 0 atom stereocenters. The van der Waals surface area contributed by atoms with Crippen molar-refractivity contribution in [3.63, 3.8) is 0 Å². The summed E-state index contributed by atoms with van der Waals surface area (Å²) in [5.74, 6) is 0.0644. The maximum atomic E-state index is 7.87. The van der Waals surface area contributed by atoms with E-state index in [0.29, 0.717) is 11.0 Å². The molecule has 48 heavy (non-hydrogen) atoms. The first-order chi connectivity index (χ1) is 23.8. The molecule has 7 aromatic carbocycles. The Balaban J connectivity index is 1.42. The first kappa shape index (κ1) is 25.4. The molecule has 0 saturated carbocycles. The minimum atomic E-state index is -0.500. The van der Waals surface area contributed by atoms with Crippen molar-refractivity contribution in [2.24, 2.45) is 0 Å². The number of hydrogen-bond donors (Lipinski definition) is 0. The number of fused-ring (bicyclic) bond motifs is 19. The van der Waals surface area contributed by atoms with Gasteiger partial charge in [-0.2, -0.15) is 0 Å². The van der Waals surface area contributed by atoms with Crippen molar-refractivity contribution in [1.29, 1.82) is 0 Å². The summed E-state index contributed by atoms with van der Waals surface area (Å²) in [4.78, 5) is 16.9. The van der Waals surface area contributed by atoms with Gasteiger partial charge in [-0.15, -0.1) is 9.97 Å². The third-order valence-corrected chi connectivity index (χ3v) is 10.6. The summed E-state index contributed by atoms with van der Waals surface area (Å²) in [6.07, 6.45) is 0. The van der Waals surface area contributed by atoms with Crippen molar-refractivity contribution in [3.05, 3.63) is 172 Å². The van der Waals surface area contributed by atoms with E-state index in [1.165, 1.54) is 38.9 Å². The zero-order chi connectivity index (χ0) is 31.7. The van der Waals surface area contributed by atoms with Gasteiger partial charge in [-0.05, 0) is 62.4 Å². The summed E-state index contributed by atoms with van der Waals surface area (Å²) in [5, 5.41) is 6.18. The summed E-state index contributed by atoms with van der Waals surface area (Å²) in [6, 6.07) is 45.9. The second kappa shape index (κ2) is 8.70. The maximum absolute atomic E-state index is 7.87. The Morgan fingerprint density at radius 3 is 1.79 bits per heavy atom. The number of hydrogen-bond acceptors (Lipinski definition) is 2. The lowest BCUT2D eigenvalue weighted by Crippen LogP contribution is -2.33. The third-order valence-electron chi connectivity index (χ3n) is 10.6. The van der Waals surface area contributed by atoms with Crippen molar-refractivity contribution < 1.29 is 0 Å². The summed E-state index contributed by atoms with van der Waals surface area (Å²) in [5.41, 5.74) is 11.8. The standard InChI is InChI=1S/C43H21N5/c1-44-41-42(45-2)47-39-37-27(24-12-3-4-15-28(24)38(39)46-41)22-23-35-36(37)29-16-11-20-33-40(29)48(35)34-21-10-9-19-32(34)43(33)30-17-7-5-13-25(30)26-14-6-8-18-31(26)43/h3-23H. The van der Waals surface area contributed by atoms with E-state index in [-0.39, 0.29) is 11.6 Å². The fraction of sp³-hybridized carbons (Fsp3) is 0.0233. The molecule has 2 aliphatic rings. The molecule has 218 valence electrons. The average Bonchev–Trinajstić information content (AvgIpc) is 3.65. The highest BCUT2D eigenvalue weighted by Gasteiger charge is 2.50. The molecule has 9 aromatic rings. The minimum absolute atomic E-state index is 0.0308. The zero-order valence-corrected chi connectivity index (χ0v) is 25.4. The molecule has 1 aliphatic heterocycles. The molecule has 0 saturated heterocycles. The second-order valence-electron chi connectivity index (χ2n) is 12.6. The van der Waals surface area contributed by atoms with Crippen LogP contribution >= 0.6 is 0 Å². The van der Waals surface area contributed by atoms with Gasteiger partial charge in [0.05, 0.1) is 22.1 Å². The van der Waals surface area contributed by atoms with Gasteiger partial charge in [-0.25, -0.2) is 0 Å². The fourth-order valence-corrected chi connectivity index (χ4v) is 8.98. The lowest BCUT2D eigenvalue weighted by molar-refractivity contribution is 0.748. The lowest BCUT2D eigenvalue weighted by Gasteiger charge is -2.39. The van der Waals surface area contributed by atoms with E-state index in [1.54, 1.807) is 0 Å². The summed E-state index contributed by atoms with van der Waals surface area (Å²) in [7, 11) is 0. The zero-order valence-electron chi connectivity index (χ0n) is 25.4. The van der Waals surface area contributed by atoms with E-state index in [1.807, 2.05) is 18.2 Å². The SMILES string of the molecule is [C-]#[N+]c1nc2c3ccccc3c3ccc4c(c5cccc6c5n4-c4ccccc4C64c5ccccc5-c5ccccc54)c3c2nc1[N+]#[C-]. The highest BCUT2D eigenvalue weighted by atomic mass is 15.0. The Kier molecular flexibility index (Phi) is 4.60. The normalized spacial score (nSPS) is 13.5. The van der Waals surface area contributed by atoms with Crippen LogP contribution in [0.15, 0.2) is 127 Å². The van der Waals surface area contributed by atoms with Gasteiger partial charge in [-0.1, -0.05) is 122 Å². The molecule has 1 aliphatic carbocycles. The van der Waals surface area contributed by atoms with Gasteiger partial charge in [0, 0.05) is 21.5 Å². The van der Waals surface area contributed by atoms with Crippen LogP contribution in [0.5, 0.6) is 0 Å². The topological polar surface area (TPSA) is 39.4 Å². The smallest absolute Gasteiger partial charge is 0.294 e. The molecule has 0 amide bonds. The van der Waals surface area contributed by atoms with Gasteiger partial charge >= 0.3 is 0 Å². The largest absolute Gasteiger partial charge is 0.370 e. The Bertz CT molecular complexity index is 3000. The molecule has 0 radical (unpaired) electrons. The highest BCUT2D eigenvalue weighted by molar-refractivity contribution is 6.34. The van der Waals surface area contributed by atoms with Crippen molar-refractivity contribution >= 4 is 66.0 Å². The number of aromatic nitrogens is 3. The van der Waals surface area contributed by atoms with Crippen LogP contribution in [0.25, 0.3) is 80.9 Å². The Hall–Kier alpha value is -6.82. The van der Waals surface area contributed by atoms with Crippen LogP contribution < -0.4 is 0 Å². The summed E-state index contributed by atoms with van der Waals surface area (Å²) >= 11 is 0. The van der Waals surface area contributed by atoms with Crippen LogP contribution in [-0.4, -0.2) is 14.5 Å². The van der Waals surface area contributed by atoms with Gasteiger partial charge in [0.25, 0.3) is 11.6 Å². The predicted molar refractivity (Wildman–Crippen MR) is 192 cm³/mol. The Labute approximate surface area is 274 Å². The minimum Gasteiger partial charge on any atom is -0.370 e. The van der Waals surface area contributed by atoms with E-state index >= 15 is 0 Å². The van der Waals surface area contributed by atoms with Gasteiger partial charge in [0.15, 0.2) is 0 Å². The van der Waals surface area contributed by atoms with Crippen LogP contribution in [-0.2, 0) is 5.41 Å². The van der Waals surface area contributed by atoms with Crippen LogP contribution in [0.1, 0.15) is 22.3 Å². The molecule has 0 fully saturated rings. The third kappa shape index (κ3) is 2.75. The Morgan fingerprint density at radius 1 is 0.479 bits per heavy atom. The van der Waals surface area contributed by atoms with E-state index < -0.39 is 5.41 Å². The van der Waals surface area contributed by atoms with Crippen LogP contribution in [0.2, 0.25) is 0 Å².